The maximum Gasteiger partial charge on any atom is 0.251 e. The fourth-order valence-electron chi connectivity index (χ4n) is 2.54. The summed E-state index contributed by atoms with van der Waals surface area (Å²) >= 11 is 0. The number of aryl methyl sites for hydroxylation is 2. The van der Waals surface area contributed by atoms with Gasteiger partial charge in [-0.3, -0.25) is 4.79 Å². The predicted molar refractivity (Wildman–Crippen MR) is 89.4 cm³/mol. The summed E-state index contributed by atoms with van der Waals surface area (Å²) in [5.74, 6) is 0.757. The maximum absolute atomic E-state index is 12.4. The van der Waals surface area contributed by atoms with Gasteiger partial charge in [0.25, 0.3) is 5.91 Å². The number of amides is 1. The smallest absolute Gasteiger partial charge is 0.251 e. The van der Waals surface area contributed by atoms with Crippen molar-refractivity contribution in [3.05, 3.63) is 64.7 Å². The molecule has 1 N–H and O–H groups in total. The summed E-state index contributed by atoms with van der Waals surface area (Å²) in [5.41, 5.74) is 3.94. The van der Waals surface area contributed by atoms with Crippen LogP contribution in [0.3, 0.4) is 0 Å². The molecule has 2 aromatic rings. The Bertz CT molecular complexity index is 664. The van der Waals surface area contributed by atoms with E-state index in [1.54, 1.807) is 6.07 Å². The van der Waals surface area contributed by atoms with Crippen LogP contribution in [0.1, 0.15) is 46.9 Å². The highest BCUT2D eigenvalue weighted by Crippen LogP contribution is 2.21. The van der Waals surface area contributed by atoms with E-state index >= 15 is 0 Å². The molecule has 22 heavy (non-hydrogen) atoms. The van der Waals surface area contributed by atoms with Crippen LogP contribution in [0.5, 0.6) is 5.75 Å². The lowest BCUT2D eigenvalue weighted by atomic mass is 10.0. The van der Waals surface area contributed by atoms with Gasteiger partial charge in [0.05, 0.1) is 12.6 Å². The zero-order valence-corrected chi connectivity index (χ0v) is 13.6. The summed E-state index contributed by atoms with van der Waals surface area (Å²) in [4.78, 5) is 12.4. The fraction of sp³-hybridized carbons (Fsp3) is 0.316. The number of hydrogen-bond donors (Lipinski definition) is 1. The van der Waals surface area contributed by atoms with E-state index in [0.29, 0.717) is 12.2 Å². The van der Waals surface area contributed by atoms with Gasteiger partial charge in [0.2, 0.25) is 0 Å². The van der Waals surface area contributed by atoms with Crippen LogP contribution in [0.4, 0.5) is 0 Å². The number of carbonyl (C=O) groups is 1. The Labute approximate surface area is 132 Å². The van der Waals surface area contributed by atoms with Gasteiger partial charge < -0.3 is 10.1 Å². The average molecular weight is 297 g/mol. The molecular weight excluding hydrogens is 274 g/mol. The van der Waals surface area contributed by atoms with Crippen LogP contribution >= 0.6 is 0 Å². The third-order valence-electron chi connectivity index (χ3n) is 3.74. The zero-order chi connectivity index (χ0) is 16.1. The zero-order valence-electron chi connectivity index (χ0n) is 13.6. The summed E-state index contributed by atoms with van der Waals surface area (Å²) in [7, 11) is 0. The first-order valence-electron chi connectivity index (χ1n) is 7.62. The monoisotopic (exact) mass is 297 g/mol. The van der Waals surface area contributed by atoms with Crippen molar-refractivity contribution in [3.63, 3.8) is 0 Å². The molecule has 1 amide bonds. The van der Waals surface area contributed by atoms with Crippen LogP contribution in [0.25, 0.3) is 0 Å². The van der Waals surface area contributed by atoms with Crippen LogP contribution in [-0.2, 0) is 0 Å². The second-order valence-electron chi connectivity index (χ2n) is 5.47. The van der Waals surface area contributed by atoms with Crippen molar-refractivity contribution in [2.75, 3.05) is 6.61 Å². The molecule has 0 bridgehead atoms. The standard InChI is InChI=1S/C19H23NO2/c1-5-22-18-11-10-16(12-14(18)3)19(21)20-15(4)17-9-7-6-8-13(17)2/h6-12,15H,5H2,1-4H3,(H,20,21). The van der Waals surface area contributed by atoms with E-state index in [9.17, 15) is 4.79 Å². The van der Waals surface area contributed by atoms with Gasteiger partial charge in [0.15, 0.2) is 0 Å². The minimum absolute atomic E-state index is 0.0272. The molecule has 0 saturated carbocycles. The number of nitrogens with one attached hydrogen (secondary N) is 1. The molecule has 1 atom stereocenters. The molecule has 0 fully saturated rings. The van der Waals surface area contributed by atoms with Crippen molar-refractivity contribution in [1.29, 1.82) is 0 Å². The highest BCUT2D eigenvalue weighted by molar-refractivity contribution is 5.94. The van der Waals surface area contributed by atoms with Crippen molar-refractivity contribution in [2.24, 2.45) is 0 Å². The second kappa shape index (κ2) is 7.12. The molecular formula is C19H23NO2. The van der Waals surface area contributed by atoms with Crippen molar-refractivity contribution in [2.45, 2.75) is 33.7 Å². The normalized spacial score (nSPS) is 11.8. The van der Waals surface area contributed by atoms with Crippen molar-refractivity contribution >= 4 is 5.91 Å². The summed E-state index contributed by atoms with van der Waals surface area (Å²) in [6.45, 7) is 8.58. The number of carbonyl (C=O) groups excluding carboxylic acids is 1. The van der Waals surface area contributed by atoms with Crippen molar-refractivity contribution in [1.82, 2.24) is 5.32 Å². The first-order chi connectivity index (χ1) is 10.5. The second-order valence-corrected chi connectivity index (χ2v) is 5.47. The highest BCUT2D eigenvalue weighted by atomic mass is 16.5. The Kier molecular flexibility index (Phi) is 5.21. The molecule has 0 radical (unpaired) electrons. The minimum Gasteiger partial charge on any atom is -0.494 e. The molecule has 2 aromatic carbocycles. The Morgan fingerprint density at radius 2 is 1.86 bits per heavy atom. The summed E-state index contributed by atoms with van der Waals surface area (Å²) in [5, 5.41) is 3.05. The largest absolute Gasteiger partial charge is 0.494 e. The molecule has 0 aliphatic heterocycles. The average Bonchev–Trinajstić information content (AvgIpc) is 2.49. The summed E-state index contributed by atoms with van der Waals surface area (Å²) < 4.78 is 5.51. The topological polar surface area (TPSA) is 38.3 Å². The van der Waals surface area contributed by atoms with E-state index in [1.165, 1.54) is 5.56 Å². The maximum atomic E-state index is 12.4. The molecule has 2 rings (SSSR count). The van der Waals surface area contributed by atoms with E-state index < -0.39 is 0 Å². The van der Waals surface area contributed by atoms with Crippen LogP contribution in [0.15, 0.2) is 42.5 Å². The van der Waals surface area contributed by atoms with Gasteiger partial charge in [-0.25, -0.2) is 0 Å². The van der Waals surface area contributed by atoms with E-state index in [2.05, 4.69) is 18.3 Å². The van der Waals surface area contributed by atoms with E-state index in [0.717, 1.165) is 16.9 Å². The SMILES string of the molecule is CCOc1ccc(C(=O)NC(C)c2ccccc2C)cc1C. The van der Waals surface area contributed by atoms with E-state index in [1.807, 2.05) is 51.1 Å². The highest BCUT2D eigenvalue weighted by Gasteiger charge is 2.13. The Morgan fingerprint density at radius 1 is 1.14 bits per heavy atom. The Morgan fingerprint density at radius 3 is 2.50 bits per heavy atom. The van der Waals surface area contributed by atoms with Gasteiger partial charge in [0, 0.05) is 5.56 Å². The lowest BCUT2D eigenvalue weighted by Crippen LogP contribution is -2.27. The van der Waals surface area contributed by atoms with Crippen LogP contribution in [0, 0.1) is 13.8 Å². The van der Waals surface area contributed by atoms with Crippen LogP contribution in [-0.4, -0.2) is 12.5 Å². The van der Waals surface area contributed by atoms with Gasteiger partial charge >= 0.3 is 0 Å². The van der Waals surface area contributed by atoms with Gasteiger partial charge in [-0.15, -0.1) is 0 Å². The number of rotatable bonds is 5. The molecule has 0 saturated heterocycles. The first kappa shape index (κ1) is 16.1. The van der Waals surface area contributed by atoms with E-state index in [4.69, 9.17) is 4.74 Å². The van der Waals surface area contributed by atoms with Gasteiger partial charge in [-0.1, -0.05) is 24.3 Å². The molecule has 3 nitrogen and oxygen atoms in total. The first-order valence-corrected chi connectivity index (χ1v) is 7.62. The fourth-order valence-corrected chi connectivity index (χ4v) is 2.54. The lowest BCUT2D eigenvalue weighted by Gasteiger charge is -2.17. The summed E-state index contributed by atoms with van der Waals surface area (Å²) in [6.07, 6.45) is 0. The summed E-state index contributed by atoms with van der Waals surface area (Å²) in [6, 6.07) is 13.6. The number of ether oxygens (including phenoxy) is 1. The number of hydrogen-bond acceptors (Lipinski definition) is 2. The van der Waals surface area contributed by atoms with Gasteiger partial charge in [-0.2, -0.15) is 0 Å². The van der Waals surface area contributed by atoms with Gasteiger partial charge in [0.1, 0.15) is 5.75 Å². The molecule has 0 aromatic heterocycles. The molecule has 0 aliphatic carbocycles. The van der Waals surface area contributed by atoms with Gasteiger partial charge in [-0.05, 0) is 62.6 Å². The number of benzene rings is 2. The molecule has 1 unspecified atom stereocenters. The van der Waals surface area contributed by atoms with Crippen LogP contribution < -0.4 is 10.1 Å². The predicted octanol–water partition coefficient (Wildman–Crippen LogP) is 4.19. The van der Waals surface area contributed by atoms with E-state index in [-0.39, 0.29) is 11.9 Å². The molecule has 116 valence electrons. The molecule has 0 heterocycles. The quantitative estimate of drug-likeness (QED) is 0.898. The molecule has 0 aliphatic rings. The lowest BCUT2D eigenvalue weighted by molar-refractivity contribution is 0.0939. The molecule has 0 spiro atoms. The Hall–Kier alpha value is -2.29. The van der Waals surface area contributed by atoms with Crippen molar-refractivity contribution in [3.8, 4) is 5.75 Å². The molecule has 3 heteroatoms. The minimum atomic E-state index is -0.0677. The third kappa shape index (κ3) is 3.67. The Balaban J connectivity index is 2.12. The van der Waals surface area contributed by atoms with Crippen LogP contribution in [0.2, 0.25) is 0 Å². The third-order valence-corrected chi connectivity index (χ3v) is 3.74. The van der Waals surface area contributed by atoms with Crippen molar-refractivity contribution < 1.29 is 9.53 Å².